The summed E-state index contributed by atoms with van der Waals surface area (Å²) in [5.74, 6) is -1.51. The van der Waals surface area contributed by atoms with E-state index in [9.17, 15) is 22.4 Å². The highest BCUT2D eigenvalue weighted by Gasteiger charge is 2.39. The number of hydrogen-bond donors (Lipinski definition) is 1. The second-order valence-corrected chi connectivity index (χ2v) is 7.63. The maximum absolute atomic E-state index is 13.8. The Bertz CT molecular complexity index is 1060. The molecule has 0 atom stereocenters. The number of anilines is 1. The van der Waals surface area contributed by atoms with Crippen LogP contribution in [-0.4, -0.2) is 10.9 Å². The van der Waals surface area contributed by atoms with Crippen LogP contribution in [0.1, 0.15) is 25.9 Å². The molecule has 0 spiro atoms. The molecule has 0 aliphatic carbocycles. The Morgan fingerprint density at radius 2 is 1.86 bits per heavy atom. The molecule has 0 radical (unpaired) electrons. The van der Waals surface area contributed by atoms with Crippen molar-refractivity contribution in [1.29, 1.82) is 0 Å². The molecule has 1 amide bonds. The van der Waals surface area contributed by atoms with Gasteiger partial charge < -0.3 is 5.32 Å². The number of amides is 1. The molecule has 1 heterocycles. The van der Waals surface area contributed by atoms with E-state index in [-0.39, 0.29) is 10.7 Å². The first-order chi connectivity index (χ1) is 13.1. The lowest BCUT2D eigenvalue weighted by Crippen LogP contribution is -2.17. The Morgan fingerprint density at radius 1 is 1.14 bits per heavy atom. The number of halogens is 5. The average molecular weight is 429 g/mol. The summed E-state index contributed by atoms with van der Waals surface area (Å²) in [5.41, 5.74) is 0.556. The van der Waals surface area contributed by atoms with Gasteiger partial charge in [-0.15, -0.1) is 11.3 Å². The second kappa shape index (κ2) is 7.52. The third-order valence-corrected chi connectivity index (χ3v) is 5.30. The Hall–Kier alpha value is -2.45. The summed E-state index contributed by atoms with van der Waals surface area (Å²) in [4.78, 5) is 15.4. The molecule has 9 heteroatoms. The van der Waals surface area contributed by atoms with Gasteiger partial charge in [-0.05, 0) is 55.3 Å². The number of alkyl halides is 3. The van der Waals surface area contributed by atoms with Gasteiger partial charge in [-0.25, -0.2) is 9.37 Å². The fourth-order valence-electron chi connectivity index (χ4n) is 2.63. The molecule has 1 aromatic heterocycles. The Morgan fingerprint density at radius 3 is 2.50 bits per heavy atom. The van der Waals surface area contributed by atoms with E-state index in [4.69, 9.17) is 11.6 Å². The second-order valence-electron chi connectivity index (χ2n) is 6.02. The van der Waals surface area contributed by atoms with Crippen molar-refractivity contribution in [2.24, 2.45) is 0 Å². The number of hydrogen-bond acceptors (Lipinski definition) is 3. The van der Waals surface area contributed by atoms with Gasteiger partial charge in [-0.2, -0.15) is 13.2 Å². The predicted molar refractivity (Wildman–Crippen MR) is 101 cm³/mol. The fourth-order valence-corrected chi connectivity index (χ4v) is 3.58. The maximum Gasteiger partial charge on any atom is 0.435 e. The molecule has 3 rings (SSSR count). The summed E-state index contributed by atoms with van der Waals surface area (Å²) in [6, 6.07) is 8.57. The highest BCUT2D eigenvalue weighted by Crippen LogP contribution is 2.36. The molecule has 0 aliphatic heterocycles. The van der Waals surface area contributed by atoms with Crippen molar-refractivity contribution < 1.29 is 22.4 Å². The van der Waals surface area contributed by atoms with Crippen LogP contribution in [0.4, 0.5) is 23.2 Å². The van der Waals surface area contributed by atoms with Crippen LogP contribution in [0, 0.1) is 19.7 Å². The number of aromatic nitrogens is 1. The van der Waals surface area contributed by atoms with Crippen LogP contribution in [0.2, 0.25) is 5.02 Å². The normalized spacial score (nSPS) is 11.5. The van der Waals surface area contributed by atoms with Crippen LogP contribution in [0.3, 0.4) is 0 Å². The van der Waals surface area contributed by atoms with Crippen molar-refractivity contribution in [3.63, 3.8) is 0 Å². The summed E-state index contributed by atoms with van der Waals surface area (Å²) < 4.78 is 53.2. The van der Waals surface area contributed by atoms with E-state index < -0.39 is 28.5 Å². The van der Waals surface area contributed by atoms with Gasteiger partial charge in [0.2, 0.25) is 0 Å². The van der Waals surface area contributed by atoms with Crippen LogP contribution in [-0.2, 0) is 6.18 Å². The topological polar surface area (TPSA) is 42.0 Å². The largest absolute Gasteiger partial charge is 0.435 e. The Labute approximate surface area is 167 Å². The van der Waals surface area contributed by atoms with Crippen molar-refractivity contribution in [2.75, 3.05) is 5.32 Å². The maximum atomic E-state index is 13.8. The van der Waals surface area contributed by atoms with Crippen molar-refractivity contribution >= 4 is 34.5 Å². The third kappa shape index (κ3) is 4.18. The van der Waals surface area contributed by atoms with E-state index in [0.29, 0.717) is 27.5 Å². The van der Waals surface area contributed by atoms with Gasteiger partial charge in [-0.1, -0.05) is 17.7 Å². The summed E-state index contributed by atoms with van der Waals surface area (Å²) in [7, 11) is 0. The zero-order chi connectivity index (χ0) is 20.6. The van der Waals surface area contributed by atoms with E-state index in [2.05, 4.69) is 10.3 Å². The Balaban J connectivity index is 2.02. The van der Waals surface area contributed by atoms with Gasteiger partial charge in [0.25, 0.3) is 5.91 Å². The summed E-state index contributed by atoms with van der Waals surface area (Å²) in [5, 5.41) is 3.07. The first kappa shape index (κ1) is 20.3. The van der Waals surface area contributed by atoms with Crippen LogP contribution in [0.25, 0.3) is 11.1 Å². The first-order valence-corrected chi connectivity index (χ1v) is 9.18. The smallest absolute Gasteiger partial charge is 0.321 e. The SMILES string of the molecule is Cc1nc(C(F)(F)F)c(C(=O)Nc2ccc(F)cc2-c2ccc(Cl)c(C)c2)s1. The van der Waals surface area contributed by atoms with Crippen molar-refractivity contribution in [3.8, 4) is 11.1 Å². The van der Waals surface area contributed by atoms with Gasteiger partial charge in [-0.3, -0.25) is 4.79 Å². The lowest BCUT2D eigenvalue weighted by molar-refractivity contribution is -0.141. The average Bonchev–Trinajstić information content (AvgIpc) is 3.01. The number of carbonyl (C=O) groups excluding carboxylic acids is 1. The molecule has 2 aromatic carbocycles. The minimum atomic E-state index is -4.75. The minimum Gasteiger partial charge on any atom is -0.321 e. The molecule has 3 aromatic rings. The van der Waals surface area contributed by atoms with E-state index in [1.165, 1.54) is 19.1 Å². The minimum absolute atomic E-state index is 0.116. The number of carbonyl (C=O) groups is 1. The molecule has 0 bridgehead atoms. The highest BCUT2D eigenvalue weighted by atomic mass is 35.5. The van der Waals surface area contributed by atoms with Crippen LogP contribution in [0.5, 0.6) is 0 Å². The summed E-state index contributed by atoms with van der Waals surface area (Å²) in [6.45, 7) is 3.15. The number of nitrogens with zero attached hydrogens (tertiary/aromatic N) is 1. The number of thiazole rings is 1. The zero-order valence-electron chi connectivity index (χ0n) is 14.6. The van der Waals surface area contributed by atoms with Crippen LogP contribution < -0.4 is 5.32 Å². The molecule has 0 aliphatic rings. The molecule has 28 heavy (non-hydrogen) atoms. The van der Waals surface area contributed by atoms with E-state index in [1.807, 2.05) is 0 Å². The van der Waals surface area contributed by atoms with Gasteiger partial charge >= 0.3 is 6.18 Å². The van der Waals surface area contributed by atoms with E-state index >= 15 is 0 Å². The van der Waals surface area contributed by atoms with E-state index in [0.717, 1.165) is 11.6 Å². The van der Waals surface area contributed by atoms with Gasteiger partial charge in [0.1, 0.15) is 10.7 Å². The van der Waals surface area contributed by atoms with Gasteiger partial charge in [0.05, 0.1) is 5.01 Å². The predicted octanol–water partition coefficient (Wildman–Crippen LogP) is 6.49. The third-order valence-electron chi connectivity index (χ3n) is 3.91. The molecule has 1 N–H and O–H groups in total. The van der Waals surface area contributed by atoms with Gasteiger partial charge in [0.15, 0.2) is 5.69 Å². The van der Waals surface area contributed by atoms with Crippen LogP contribution >= 0.6 is 22.9 Å². The molecular weight excluding hydrogens is 416 g/mol. The first-order valence-electron chi connectivity index (χ1n) is 7.98. The monoisotopic (exact) mass is 428 g/mol. The number of rotatable bonds is 3. The van der Waals surface area contributed by atoms with Crippen LogP contribution in [0.15, 0.2) is 36.4 Å². The van der Waals surface area contributed by atoms with Crippen molar-refractivity contribution in [2.45, 2.75) is 20.0 Å². The molecule has 0 fully saturated rings. The summed E-state index contributed by atoms with van der Waals surface area (Å²) >= 11 is 6.65. The van der Waals surface area contributed by atoms with Crippen molar-refractivity contribution in [3.05, 3.63) is 68.4 Å². The highest BCUT2D eigenvalue weighted by molar-refractivity contribution is 7.13. The van der Waals surface area contributed by atoms with Crippen molar-refractivity contribution in [1.82, 2.24) is 4.98 Å². The number of nitrogens with one attached hydrogen (secondary N) is 1. The summed E-state index contributed by atoms with van der Waals surface area (Å²) in [6.07, 6.45) is -4.75. The lowest BCUT2D eigenvalue weighted by atomic mass is 10.0. The molecular formula is C19H13ClF4N2OS. The van der Waals surface area contributed by atoms with E-state index in [1.54, 1.807) is 25.1 Å². The quantitative estimate of drug-likeness (QED) is 0.484. The number of benzene rings is 2. The molecule has 146 valence electrons. The standard InChI is InChI=1S/C19H13ClF4N2OS/c1-9-7-11(3-5-14(9)20)13-8-12(21)4-6-15(13)26-18(27)16-17(19(22,23)24)25-10(2)28-16/h3-8H,1-2H3,(H,26,27). The van der Waals surface area contributed by atoms with Gasteiger partial charge in [0, 0.05) is 16.3 Å². The number of aryl methyl sites for hydroxylation is 2. The Kier molecular flexibility index (Phi) is 5.45. The molecule has 3 nitrogen and oxygen atoms in total. The fraction of sp³-hybridized carbons (Fsp3) is 0.158. The lowest BCUT2D eigenvalue weighted by Gasteiger charge is -2.13. The zero-order valence-corrected chi connectivity index (χ0v) is 16.2. The molecule has 0 unspecified atom stereocenters. The molecule has 0 saturated heterocycles. The molecule has 0 saturated carbocycles.